The van der Waals surface area contributed by atoms with Crippen LogP contribution in [0.15, 0.2) is 48.5 Å². The fraction of sp³-hybridized carbons (Fsp3) is 0.364. The standard InChI is InChI=1S/C22H27FN2O5/c1-16(14-29-20-10-9-18(23)13-19(20)21(26)28-3)25(12-11-24-2)22(27)30-15-17-7-5-4-6-8-17/h4-10,13,16,24H,11-12,14-15H2,1-3H3. The van der Waals surface area contributed by atoms with Gasteiger partial charge in [-0.3, -0.25) is 0 Å². The van der Waals surface area contributed by atoms with Gasteiger partial charge in [-0.2, -0.15) is 0 Å². The lowest BCUT2D eigenvalue weighted by molar-refractivity contribution is 0.0585. The molecule has 2 rings (SSSR count). The van der Waals surface area contributed by atoms with Gasteiger partial charge in [0.25, 0.3) is 0 Å². The van der Waals surface area contributed by atoms with Gasteiger partial charge in [0.15, 0.2) is 0 Å². The summed E-state index contributed by atoms with van der Waals surface area (Å²) < 4.78 is 29.3. The molecule has 0 heterocycles. The van der Waals surface area contributed by atoms with Crippen molar-refractivity contribution in [2.75, 3.05) is 33.9 Å². The molecule has 1 amide bonds. The highest BCUT2D eigenvalue weighted by molar-refractivity contribution is 5.92. The smallest absolute Gasteiger partial charge is 0.410 e. The van der Waals surface area contributed by atoms with Gasteiger partial charge in [0.05, 0.1) is 13.2 Å². The molecule has 0 radical (unpaired) electrons. The number of esters is 1. The van der Waals surface area contributed by atoms with Crippen molar-refractivity contribution in [2.24, 2.45) is 0 Å². The molecule has 0 saturated carbocycles. The average molecular weight is 418 g/mol. The molecule has 30 heavy (non-hydrogen) atoms. The van der Waals surface area contributed by atoms with E-state index < -0.39 is 17.9 Å². The van der Waals surface area contributed by atoms with Crippen LogP contribution in [0, 0.1) is 5.82 Å². The summed E-state index contributed by atoms with van der Waals surface area (Å²) in [5.74, 6) is -1.09. The van der Waals surface area contributed by atoms with E-state index in [1.807, 2.05) is 30.3 Å². The average Bonchev–Trinajstić information content (AvgIpc) is 2.77. The second-order valence-electron chi connectivity index (χ2n) is 6.63. The third-order valence-corrected chi connectivity index (χ3v) is 4.40. The third-order valence-electron chi connectivity index (χ3n) is 4.40. The summed E-state index contributed by atoms with van der Waals surface area (Å²) in [5, 5.41) is 3.00. The largest absolute Gasteiger partial charge is 0.491 e. The number of hydrogen-bond donors (Lipinski definition) is 1. The number of rotatable bonds is 10. The molecule has 0 aliphatic heterocycles. The fourth-order valence-corrected chi connectivity index (χ4v) is 2.72. The molecular weight excluding hydrogens is 391 g/mol. The van der Waals surface area contributed by atoms with E-state index in [4.69, 9.17) is 9.47 Å². The van der Waals surface area contributed by atoms with E-state index in [9.17, 15) is 14.0 Å². The molecule has 0 fully saturated rings. The first kappa shape index (κ1) is 23.2. The van der Waals surface area contributed by atoms with E-state index >= 15 is 0 Å². The maximum atomic E-state index is 13.5. The number of methoxy groups -OCH3 is 1. The number of likely N-dealkylation sites (N-methyl/N-ethyl adjacent to an activating group) is 1. The van der Waals surface area contributed by atoms with Crippen LogP contribution in [0.25, 0.3) is 0 Å². The second-order valence-corrected chi connectivity index (χ2v) is 6.63. The van der Waals surface area contributed by atoms with Gasteiger partial charge in [-0.25, -0.2) is 14.0 Å². The summed E-state index contributed by atoms with van der Waals surface area (Å²) in [6.45, 7) is 3.02. The van der Waals surface area contributed by atoms with E-state index in [1.54, 1.807) is 18.9 Å². The molecule has 0 aliphatic rings. The van der Waals surface area contributed by atoms with E-state index in [0.717, 1.165) is 11.6 Å². The lowest BCUT2D eigenvalue weighted by atomic mass is 10.2. The third kappa shape index (κ3) is 6.73. The molecule has 2 aromatic carbocycles. The molecule has 162 valence electrons. The molecule has 1 unspecified atom stereocenters. The Morgan fingerprint density at radius 2 is 1.90 bits per heavy atom. The maximum Gasteiger partial charge on any atom is 0.410 e. The number of nitrogens with one attached hydrogen (secondary N) is 1. The van der Waals surface area contributed by atoms with E-state index in [0.29, 0.717) is 13.1 Å². The summed E-state index contributed by atoms with van der Waals surface area (Å²) in [5.41, 5.74) is 0.871. The Morgan fingerprint density at radius 1 is 1.17 bits per heavy atom. The Hall–Kier alpha value is -3.13. The van der Waals surface area contributed by atoms with Gasteiger partial charge in [-0.1, -0.05) is 30.3 Å². The van der Waals surface area contributed by atoms with Gasteiger partial charge < -0.3 is 24.4 Å². The van der Waals surface area contributed by atoms with Crippen LogP contribution >= 0.6 is 0 Å². The maximum absolute atomic E-state index is 13.5. The van der Waals surface area contributed by atoms with E-state index in [2.05, 4.69) is 10.1 Å². The Balaban J connectivity index is 2.03. The Labute approximate surface area is 175 Å². The van der Waals surface area contributed by atoms with Crippen LogP contribution in [0.1, 0.15) is 22.8 Å². The van der Waals surface area contributed by atoms with Crippen molar-refractivity contribution >= 4 is 12.1 Å². The molecule has 1 atom stereocenters. The summed E-state index contributed by atoms with van der Waals surface area (Å²) in [7, 11) is 3.00. The molecule has 0 aromatic heterocycles. The molecule has 0 saturated heterocycles. The first-order valence-corrected chi connectivity index (χ1v) is 9.58. The van der Waals surface area contributed by atoms with Crippen LogP contribution in [0.5, 0.6) is 5.75 Å². The molecule has 2 aromatic rings. The van der Waals surface area contributed by atoms with Crippen molar-refractivity contribution in [3.05, 3.63) is 65.5 Å². The molecule has 0 bridgehead atoms. The fourth-order valence-electron chi connectivity index (χ4n) is 2.72. The van der Waals surface area contributed by atoms with Gasteiger partial charge in [0.2, 0.25) is 0 Å². The summed E-state index contributed by atoms with van der Waals surface area (Å²) >= 11 is 0. The predicted molar refractivity (Wildman–Crippen MR) is 110 cm³/mol. The summed E-state index contributed by atoms with van der Waals surface area (Å²) in [4.78, 5) is 26.1. The van der Waals surface area contributed by atoms with Crippen molar-refractivity contribution < 1.29 is 28.2 Å². The molecule has 0 spiro atoms. The van der Waals surface area contributed by atoms with Crippen LogP contribution in [0.3, 0.4) is 0 Å². The lowest BCUT2D eigenvalue weighted by Gasteiger charge is -2.28. The van der Waals surface area contributed by atoms with Crippen molar-refractivity contribution in [2.45, 2.75) is 19.6 Å². The zero-order chi connectivity index (χ0) is 21.9. The quantitative estimate of drug-likeness (QED) is 0.597. The number of halogens is 1. The summed E-state index contributed by atoms with van der Waals surface area (Å²) in [6, 6.07) is 12.6. The molecular formula is C22H27FN2O5. The van der Waals surface area contributed by atoms with Crippen LogP contribution in [-0.2, 0) is 16.1 Å². The highest BCUT2D eigenvalue weighted by atomic mass is 19.1. The normalized spacial score (nSPS) is 11.5. The van der Waals surface area contributed by atoms with E-state index in [1.165, 1.54) is 19.2 Å². The zero-order valence-corrected chi connectivity index (χ0v) is 17.4. The topological polar surface area (TPSA) is 77.1 Å². The van der Waals surface area contributed by atoms with Crippen LogP contribution in [-0.4, -0.2) is 56.9 Å². The van der Waals surface area contributed by atoms with Crippen molar-refractivity contribution in [1.29, 1.82) is 0 Å². The van der Waals surface area contributed by atoms with Gasteiger partial charge in [0.1, 0.15) is 30.3 Å². The van der Waals surface area contributed by atoms with Gasteiger partial charge >= 0.3 is 12.1 Å². The summed E-state index contributed by atoms with van der Waals surface area (Å²) in [6.07, 6.45) is -0.475. The first-order valence-electron chi connectivity index (χ1n) is 9.58. The Morgan fingerprint density at radius 3 is 2.57 bits per heavy atom. The van der Waals surface area contributed by atoms with Crippen molar-refractivity contribution in [3.63, 3.8) is 0 Å². The Bertz CT molecular complexity index is 832. The SMILES string of the molecule is CNCCN(C(=O)OCc1ccccc1)C(C)COc1ccc(F)cc1C(=O)OC. The van der Waals surface area contributed by atoms with Crippen LogP contribution in [0.4, 0.5) is 9.18 Å². The number of benzene rings is 2. The number of carbonyl (C=O) groups is 2. The highest BCUT2D eigenvalue weighted by Gasteiger charge is 2.23. The number of ether oxygens (including phenoxy) is 3. The second kappa shape index (κ2) is 11.8. The minimum atomic E-state index is -0.702. The number of nitrogens with zero attached hydrogens (tertiary/aromatic N) is 1. The van der Waals surface area contributed by atoms with Gasteiger partial charge in [-0.05, 0) is 37.7 Å². The molecule has 8 heteroatoms. The number of amides is 1. The first-order chi connectivity index (χ1) is 14.5. The monoisotopic (exact) mass is 418 g/mol. The number of hydrogen-bond acceptors (Lipinski definition) is 6. The lowest BCUT2D eigenvalue weighted by Crippen LogP contribution is -2.45. The minimum absolute atomic E-state index is 0.0156. The molecule has 1 N–H and O–H groups in total. The molecule has 7 nitrogen and oxygen atoms in total. The van der Waals surface area contributed by atoms with E-state index in [-0.39, 0.29) is 30.6 Å². The Kier molecular flexibility index (Phi) is 9.08. The van der Waals surface area contributed by atoms with Crippen LogP contribution in [0.2, 0.25) is 0 Å². The van der Waals surface area contributed by atoms with Gasteiger partial charge in [-0.15, -0.1) is 0 Å². The predicted octanol–water partition coefficient (Wildman–Crippen LogP) is 3.24. The highest BCUT2D eigenvalue weighted by Crippen LogP contribution is 2.21. The van der Waals surface area contributed by atoms with Crippen molar-refractivity contribution in [3.8, 4) is 5.75 Å². The molecule has 0 aliphatic carbocycles. The zero-order valence-electron chi connectivity index (χ0n) is 17.4. The number of carbonyl (C=O) groups excluding carboxylic acids is 2. The minimum Gasteiger partial charge on any atom is -0.491 e. The van der Waals surface area contributed by atoms with Crippen LogP contribution < -0.4 is 10.1 Å². The van der Waals surface area contributed by atoms with Crippen molar-refractivity contribution in [1.82, 2.24) is 10.2 Å². The van der Waals surface area contributed by atoms with Gasteiger partial charge in [0, 0.05) is 13.1 Å².